The predicted octanol–water partition coefficient (Wildman–Crippen LogP) is 0.750. The van der Waals surface area contributed by atoms with Crippen LogP contribution >= 0.6 is 11.8 Å². The van der Waals surface area contributed by atoms with Gasteiger partial charge in [0.1, 0.15) is 6.04 Å². The molecule has 0 fully saturated rings. The Labute approximate surface area is 129 Å². The number of carboxylic acids is 1. The highest BCUT2D eigenvalue weighted by Gasteiger charge is 2.19. The van der Waals surface area contributed by atoms with E-state index in [9.17, 15) is 14.4 Å². The molecular weight excluding hydrogens is 294 g/mol. The van der Waals surface area contributed by atoms with Crippen molar-refractivity contribution in [2.75, 3.05) is 31.6 Å². The maximum absolute atomic E-state index is 11.7. The van der Waals surface area contributed by atoms with Crippen LogP contribution in [0.4, 0.5) is 4.79 Å². The minimum absolute atomic E-state index is 0.0301. The summed E-state index contributed by atoms with van der Waals surface area (Å²) in [6.07, 6.45) is 2.44. The number of thioether (sulfide) groups is 1. The van der Waals surface area contributed by atoms with E-state index >= 15 is 0 Å². The van der Waals surface area contributed by atoms with Crippen LogP contribution in [-0.4, -0.2) is 65.6 Å². The zero-order valence-electron chi connectivity index (χ0n) is 12.8. The van der Waals surface area contributed by atoms with E-state index < -0.39 is 18.0 Å². The molecular formula is C13H25N3O4S. The molecule has 0 aromatic heterocycles. The summed E-state index contributed by atoms with van der Waals surface area (Å²) in [6.45, 7) is 5.25. The Morgan fingerprint density at radius 2 is 1.86 bits per heavy atom. The van der Waals surface area contributed by atoms with E-state index in [1.807, 2.05) is 20.1 Å². The molecule has 1 atom stereocenters. The Bertz CT molecular complexity index is 348. The quantitative estimate of drug-likeness (QED) is 0.552. The molecule has 7 nitrogen and oxygen atoms in total. The van der Waals surface area contributed by atoms with Gasteiger partial charge in [-0.05, 0) is 32.3 Å². The van der Waals surface area contributed by atoms with Gasteiger partial charge in [-0.2, -0.15) is 11.8 Å². The lowest BCUT2D eigenvalue weighted by Gasteiger charge is -2.19. The van der Waals surface area contributed by atoms with Gasteiger partial charge in [0.15, 0.2) is 0 Å². The van der Waals surface area contributed by atoms with Gasteiger partial charge in [-0.15, -0.1) is 0 Å². The predicted molar refractivity (Wildman–Crippen MR) is 83.5 cm³/mol. The molecule has 21 heavy (non-hydrogen) atoms. The first-order valence-corrected chi connectivity index (χ1v) is 8.39. The summed E-state index contributed by atoms with van der Waals surface area (Å²) in [4.78, 5) is 36.0. The van der Waals surface area contributed by atoms with E-state index in [0.29, 0.717) is 25.3 Å². The average Bonchev–Trinajstić information content (AvgIpc) is 2.44. The number of carboxylic acid groups (broad SMARTS) is 1. The first-order valence-electron chi connectivity index (χ1n) is 7.00. The van der Waals surface area contributed by atoms with Crippen molar-refractivity contribution in [3.63, 3.8) is 0 Å². The van der Waals surface area contributed by atoms with Gasteiger partial charge in [0.25, 0.3) is 0 Å². The number of nitrogens with zero attached hydrogens (tertiary/aromatic N) is 1. The van der Waals surface area contributed by atoms with Gasteiger partial charge in [0.05, 0.1) is 0 Å². The Morgan fingerprint density at radius 3 is 2.33 bits per heavy atom. The average molecular weight is 319 g/mol. The minimum atomic E-state index is -1.06. The second-order valence-corrected chi connectivity index (χ2v) is 5.37. The molecule has 0 rings (SSSR count). The monoisotopic (exact) mass is 319 g/mol. The van der Waals surface area contributed by atoms with E-state index in [1.165, 1.54) is 11.8 Å². The fourth-order valence-corrected chi connectivity index (χ4v) is 2.19. The first kappa shape index (κ1) is 19.6. The fraction of sp³-hybridized carbons (Fsp3) is 0.769. The van der Waals surface area contributed by atoms with Gasteiger partial charge in [-0.1, -0.05) is 0 Å². The topological polar surface area (TPSA) is 98.7 Å². The largest absolute Gasteiger partial charge is 0.480 e. The summed E-state index contributed by atoms with van der Waals surface area (Å²) in [5.41, 5.74) is 0. The molecule has 1 unspecified atom stereocenters. The van der Waals surface area contributed by atoms with Crippen molar-refractivity contribution in [3.05, 3.63) is 0 Å². The molecule has 0 spiro atoms. The summed E-state index contributed by atoms with van der Waals surface area (Å²) >= 11 is 1.52. The van der Waals surface area contributed by atoms with E-state index in [4.69, 9.17) is 5.11 Å². The molecule has 0 saturated heterocycles. The second-order valence-electron chi connectivity index (χ2n) is 4.39. The maximum Gasteiger partial charge on any atom is 0.326 e. The van der Waals surface area contributed by atoms with Crippen LogP contribution in [0.25, 0.3) is 0 Å². The van der Waals surface area contributed by atoms with Gasteiger partial charge >= 0.3 is 12.0 Å². The van der Waals surface area contributed by atoms with E-state index in [2.05, 4.69) is 10.6 Å². The lowest BCUT2D eigenvalue weighted by Crippen LogP contribution is -2.47. The van der Waals surface area contributed by atoms with Crippen molar-refractivity contribution in [1.29, 1.82) is 0 Å². The number of carbonyl (C=O) groups is 3. The molecule has 0 aliphatic carbocycles. The van der Waals surface area contributed by atoms with E-state index in [-0.39, 0.29) is 18.9 Å². The lowest BCUT2D eigenvalue weighted by atomic mass is 10.2. The van der Waals surface area contributed by atoms with Gasteiger partial charge in [-0.3, -0.25) is 4.79 Å². The highest BCUT2D eigenvalue weighted by atomic mass is 32.2. The van der Waals surface area contributed by atoms with Crippen LogP contribution in [-0.2, 0) is 9.59 Å². The third-order valence-corrected chi connectivity index (χ3v) is 3.60. The Morgan fingerprint density at radius 1 is 1.24 bits per heavy atom. The molecule has 0 aromatic rings. The summed E-state index contributed by atoms with van der Waals surface area (Å²) < 4.78 is 0. The lowest BCUT2D eigenvalue weighted by molar-refractivity contribution is -0.139. The maximum atomic E-state index is 11.7. The first-order chi connectivity index (χ1) is 9.96. The van der Waals surface area contributed by atoms with E-state index in [1.54, 1.807) is 4.90 Å². The molecule has 0 aliphatic heterocycles. The molecule has 0 radical (unpaired) electrons. The van der Waals surface area contributed by atoms with Crippen molar-refractivity contribution < 1.29 is 19.5 Å². The van der Waals surface area contributed by atoms with Crippen LogP contribution in [0, 0.1) is 0 Å². The molecule has 0 aliphatic rings. The van der Waals surface area contributed by atoms with Gasteiger partial charge in [-0.25, -0.2) is 9.59 Å². The molecule has 8 heteroatoms. The van der Waals surface area contributed by atoms with Crippen molar-refractivity contribution in [1.82, 2.24) is 15.5 Å². The number of hydrogen-bond acceptors (Lipinski definition) is 4. The third-order valence-electron chi connectivity index (χ3n) is 2.95. The number of rotatable bonds is 10. The summed E-state index contributed by atoms with van der Waals surface area (Å²) in [5.74, 6) is -0.437. The molecule has 0 bridgehead atoms. The molecule has 0 aromatic carbocycles. The summed E-state index contributed by atoms with van der Waals surface area (Å²) in [6, 6.07) is -1.47. The number of amides is 3. The Kier molecular flexibility index (Phi) is 10.5. The van der Waals surface area contributed by atoms with Crippen molar-refractivity contribution >= 4 is 29.7 Å². The van der Waals surface area contributed by atoms with Gasteiger partial charge in [0, 0.05) is 26.1 Å². The second kappa shape index (κ2) is 11.2. The SMILES string of the molecule is CCN(CC)C(=O)CCNC(=O)NC(CCSC)C(=O)O. The minimum Gasteiger partial charge on any atom is -0.480 e. The van der Waals surface area contributed by atoms with Crippen LogP contribution in [0.15, 0.2) is 0 Å². The highest BCUT2D eigenvalue weighted by Crippen LogP contribution is 2.01. The molecule has 0 saturated carbocycles. The van der Waals surface area contributed by atoms with E-state index in [0.717, 1.165) is 0 Å². The zero-order valence-corrected chi connectivity index (χ0v) is 13.7. The molecule has 3 amide bonds. The molecule has 0 heterocycles. The number of nitrogens with one attached hydrogen (secondary N) is 2. The van der Waals surface area contributed by atoms with Crippen LogP contribution in [0.2, 0.25) is 0 Å². The number of carbonyl (C=O) groups excluding carboxylic acids is 2. The van der Waals surface area contributed by atoms with Gasteiger partial charge < -0.3 is 20.6 Å². The Hall–Kier alpha value is -1.44. The van der Waals surface area contributed by atoms with Crippen LogP contribution in [0.1, 0.15) is 26.7 Å². The third kappa shape index (κ3) is 8.44. The number of aliphatic carboxylic acids is 1. The van der Waals surface area contributed by atoms with Gasteiger partial charge in [0.2, 0.25) is 5.91 Å². The Balaban J connectivity index is 4.08. The molecule has 3 N–H and O–H groups in total. The normalized spacial score (nSPS) is 11.6. The fourth-order valence-electron chi connectivity index (χ4n) is 1.72. The summed E-state index contributed by atoms with van der Waals surface area (Å²) in [5, 5.41) is 13.9. The van der Waals surface area contributed by atoms with Crippen LogP contribution in [0.3, 0.4) is 0 Å². The van der Waals surface area contributed by atoms with Crippen LogP contribution < -0.4 is 10.6 Å². The summed E-state index contributed by atoms with van der Waals surface area (Å²) in [7, 11) is 0. The standard InChI is InChI=1S/C13H25N3O4S/c1-4-16(5-2)11(17)6-8-14-13(20)15-10(12(18)19)7-9-21-3/h10H,4-9H2,1-3H3,(H,18,19)(H2,14,15,20). The number of hydrogen-bond donors (Lipinski definition) is 3. The van der Waals surface area contributed by atoms with Crippen molar-refractivity contribution in [3.8, 4) is 0 Å². The zero-order chi connectivity index (χ0) is 16.3. The van der Waals surface area contributed by atoms with Crippen molar-refractivity contribution in [2.24, 2.45) is 0 Å². The van der Waals surface area contributed by atoms with Crippen molar-refractivity contribution in [2.45, 2.75) is 32.7 Å². The smallest absolute Gasteiger partial charge is 0.326 e. The number of urea groups is 1. The highest BCUT2D eigenvalue weighted by molar-refractivity contribution is 7.98. The molecule has 122 valence electrons. The van der Waals surface area contributed by atoms with Crippen LogP contribution in [0.5, 0.6) is 0 Å².